The van der Waals surface area contributed by atoms with Crippen LogP contribution in [0.25, 0.3) is 0 Å². The van der Waals surface area contributed by atoms with E-state index in [9.17, 15) is 18.3 Å². The minimum absolute atomic E-state index is 0.336. The number of benzene rings is 1. The summed E-state index contributed by atoms with van der Waals surface area (Å²) >= 11 is 3.25. The maximum absolute atomic E-state index is 12.0. The van der Waals surface area contributed by atoms with E-state index < -0.39 is 12.5 Å². The molecular weight excluding hydrogens is 341 g/mol. The van der Waals surface area contributed by atoms with E-state index in [4.69, 9.17) is 0 Å². The molecule has 1 aromatic carbocycles. The molecule has 2 aromatic rings. The molecule has 1 atom stereocenters. The highest BCUT2D eigenvalue weighted by Gasteiger charge is 2.31. The van der Waals surface area contributed by atoms with Crippen molar-refractivity contribution < 1.29 is 23.0 Å². The summed E-state index contributed by atoms with van der Waals surface area (Å²) in [7, 11) is 1.66. The molecule has 2 rings (SSSR count). The van der Waals surface area contributed by atoms with Crippen LogP contribution in [0.1, 0.15) is 17.4 Å². The highest BCUT2D eigenvalue weighted by atomic mass is 79.9. The Morgan fingerprint density at radius 3 is 2.35 bits per heavy atom. The fraction of sp³-hybridized carbons (Fsp3) is 0.250. The van der Waals surface area contributed by atoms with E-state index in [0.29, 0.717) is 15.7 Å². The van der Waals surface area contributed by atoms with E-state index in [1.807, 2.05) is 0 Å². The third kappa shape index (κ3) is 3.31. The zero-order valence-corrected chi connectivity index (χ0v) is 11.8. The lowest BCUT2D eigenvalue weighted by Crippen LogP contribution is -2.17. The molecule has 0 amide bonds. The van der Waals surface area contributed by atoms with Crippen molar-refractivity contribution in [3.63, 3.8) is 0 Å². The number of aliphatic hydroxyl groups excluding tert-OH is 1. The topological polar surface area (TPSA) is 47.3 Å². The SMILES string of the molecule is Cn1ncc(Br)c1C(O)c1ccc(OC(F)(F)F)cc1. The minimum atomic E-state index is -4.73. The summed E-state index contributed by atoms with van der Waals surface area (Å²) in [6.07, 6.45) is -4.21. The number of aliphatic hydroxyl groups is 1. The van der Waals surface area contributed by atoms with Gasteiger partial charge in [0.1, 0.15) is 11.9 Å². The van der Waals surface area contributed by atoms with Crippen LogP contribution in [0.5, 0.6) is 5.75 Å². The van der Waals surface area contributed by atoms with Crippen molar-refractivity contribution in [1.29, 1.82) is 0 Å². The third-order valence-corrected chi connectivity index (χ3v) is 3.24. The summed E-state index contributed by atoms with van der Waals surface area (Å²) in [6, 6.07) is 5.03. The number of nitrogens with zero attached hydrogens (tertiary/aromatic N) is 2. The number of halogens is 4. The van der Waals surface area contributed by atoms with Crippen LogP contribution in [-0.4, -0.2) is 21.2 Å². The maximum Gasteiger partial charge on any atom is 0.573 e. The van der Waals surface area contributed by atoms with Crippen LogP contribution in [-0.2, 0) is 7.05 Å². The Morgan fingerprint density at radius 2 is 1.90 bits per heavy atom. The van der Waals surface area contributed by atoms with Crippen LogP contribution in [0.2, 0.25) is 0 Å². The first kappa shape index (κ1) is 14.9. The second-order valence-corrected chi connectivity index (χ2v) is 4.88. The van der Waals surface area contributed by atoms with Gasteiger partial charge in [-0.1, -0.05) is 12.1 Å². The zero-order valence-electron chi connectivity index (χ0n) is 10.2. The number of hydrogen-bond acceptors (Lipinski definition) is 3. The second kappa shape index (κ2) is 5.45. The van der Waals surface area contributed by atoms with Crippen molar-refractivity contribution in [1.82, 2.24) is 9.78 Å². The monoisotopic (exact) mass is 350 g/mol. The molecule has 8 heteroatoms. The summed E-state index contributed by atoms with van der Waals surface area (Å²) in [5, 5.41) is 14.2. The summed E-state index contributed by atoms with van der Waals surface area (Å²) in [5.74, 6) is -0.336. The molecule has 0 bridgehead atoms. The summed E-state index contributed by atoms with van der Waals surface area (Å²) in [4.78, 5) is 0. The third-order valence-electron chi connectivity index (χ3n) is 2.63. The molecule has 1 aromatic heterocycles. The molecule has 0 spiro atoms. The lowest BCUT2D eigenvalue weighted by atomic mass is 10.1. The maximum atomic E-state index is 12.0. The van der Waals surface area contributed by atoms with Gasteiger partial charge in [-0.25, -0.2) is 0 Å². The molecule has 0 aliphatic carbocycles. The number of aryl methyl sites for hydroxylation is 1. The largest absolute Gasteiger partial charge is 0.573 e. The average Bonchev–Trinajstić information content (AvgIpc) is 2.67. The standard InChI is InChI=1S/C12H10BrF3N2O2/c1-18-10(9(13)6-17-18)11(19)7-2-4-8(5-3-7)20-12(14,15)16/h2-6,11,19H,1H3. The minimum Gasteiger partial charge on any atom is -0.406 e. The second-order valence-electron chi connectivity index (χ2n) is 4.02. The van der Waals surface area contributed by atoms with E-state index in [-0.39, 0.29) is 5.75 Å². The first-order valence-electron chi connectivity index (χ1n) is 5.49. The predicted octanol–water partition coefficient (Wildman–Crippen LogP) is 3.16. The Labute approximate surface area is 120 Å². The van der Waals surface area contributed by atoms with Gasteiger partial charge in [-0.15, -0.1) is 13.2 Å². The first-order valence-corrected chi connectivity index (χ1v) is 6.28. The van der Waals surface area contributed by atoms with Crippen molar-refractivity contribution in [3.8, 4) is 5.75 Å². The van der Waals surface area contributed by atoms with Crippen LogP contribution in [0.3, 0.4) is 0 Å². The Kier molecular flexibility index (Phi) is 4.05. The van der Waals surface area contributed by atoms with Gasteiger partial charge < -0.3 is 9.84 Å². The number of ether oxygens (including phenoxy) is 1. The summed E-state index contributed by atoms with van der Waals surface area (Å²) in [5.41, 5.74) is 0.943. The van der Waals surface area contributed by atoms with Gasteiger partial charge in [0.25, 0.3) is 0 Å². The van der Waals surface area contributed by atoms with Crippen molar-refractivity contribution in [3.05, 3.63) is 46.2 Å². The fourth-order valence-electron chi connectivity index (χ4n) is 1.74. The highest BCUT2D eigenvalue weighted by Crippen LogP contribution is 2.30. The smallest absolute Gasteiger partial charge is 0.406 e. The van der Waals surface area contributed by atoms with E-state index >= 15 is 0 Å². The molecule has 20 heavy (non-hydrogen) atoms. The summed E-state index contributed by atoms with van der Waals surface area (Å²) < 4.78 is 42.0. The van der Waals surface area contributed by atoms with Crippen LogP contribution in [0.15, 0.2) is 34.9 Å². The lowest BCUT2D eigenvalue weighted by Gasteiger charge is -2.14. The van der Waals surface area contributed by atoms with Gasteiger partial charge >= 0.3 is 6.36 Å². The molecule has 0 aliphatic rings. The van der Waals surface area contributed by atoms with E-state index in [1.54, 1.807) is 7.05 Å². The molecule has 0 radical (unpaired) electrons. The Balaban J connectivity index is 2.22. The Hall–Kier alpha value is -1.54. The van der Waals surface area contributed by atoms with Crippen LogP contribution >= 0.6 is 15.9 Å². The number of aromatic nitrogens is 2. The number of hydrogen-bond donors (Lipinski definition) is 1. The van der Waals surface area contributed by atoms with Gasteiger partial charge in [0.15, 0.2) is 0 Å². The van der Waals surface area contributed by atoms with Crippen molar-refractivity contribution in [2.24, 2.45) is 7.05 Å². The molecular formula is C12H10BrF3N2O2. The van der Waals surface area contributed by atoms with Gasteiger partial charge in [-0.2, -0.15) is 5.10 Å². The normalized spacial score (nSPS) is 13.3. The van der Waals surface area contributed by atoms with Crippen LogP contribution in [0, 0.1) is 0 Å². The molecule has 1 N–H and O–H groups in total. The molecule has 0 fully saturated rings. The van der Waals surface area contributed by atoms with Crippen molar-refractivity contribution >= 4 is 15.9 Å². The fourth-order valence-corrected chi connectivity index (χ4v) is 2.30. The van der Waals surface area contributed by atoms with Gasteiger partial charge in [-0.05, 0) is 33.6 Å². The summed E-state index contributed by atoms with van der Waals surface area (Å²) in [6.45, 7) is 0. The van der Waals surface area contributed by atoms with Gasteiger partial charge in [0.2, 0.25) is 0 Å². The van der Waals surface area contributed by atoms with Crippen LogP contribution in [0.4, 0.5) is 13.2 Å². The van der Waals surface area contributed by atoms with E-state index in [0.717, 1.165) is 12.1 Å². The molecule has 0 saturated heterocycles. The number of rotatable bonds is 3. The molecule has 4 nitrogen and oxygen atoms in total. The first-order chi connectivity index (χ1) is 9.28. The highest BCUT2D eigenvalue weighted by molar-refractivity contribution is 9.10. The molecule has 0 aliphatic heterocycles. The quantitative estimate of drug-likeness (QED) is 0.924. The number of alkyl halides is 3. The van der Waals surface area contributed by atoms with Gasteiger partial charge in [-0.3, -0.25) is 4.68 Å². The van der Waals surface area contributed by atoms with E-state index in [1.165, 1.54) is 23.0 Å². The molecule has 1 heterocycles. The van der Waals surface area contributed by atoms with E-state index in [2.05, 4.69) is 25.8 Å². The molecule has 108 valence electrons. The lowest BCUT2D eigenvalue weighted by molar-refractivity contribution is -0.274. The van der Waals surface area contributed by atoms with Crippen molar-refractivity contribution in [2.45, 2.75) is 12.5 Å². The van der Waals surface area contributed by atoms with Crippen molar-refractivity contribution in [2.75, 3.05) is 0 Å². The molecule has 1 unspecified atom stereocenters. The Bertz CT molecular complexity index is 576. The zero-order chi connectivity index (χ0) is 14.9. The predicted molar refractivity (Wildman–Crippen MR) is 68.1 cm³/mol. The molecule has 0 saturated carbocycles. The Morgan fingerprint density at radius 1 is 1.30 bits per heavy atom. The average molecular weight is 351 g/mol. The van der Waals surface area contributed by atoms with Gasteiger partial charge in [0.05, 0.1) is 16.4 Å². The van der Waals surface area contributed by atoms with Gasteiger partial charge in [0, 0.05) is 7.05 Å². The van der Waals surface area contributed by atoms with Crippen LogP contribution < -0.4 is 4.74 Å².